The summed E-state index contributed by atoms with van der Waals surface area (Å²) in [7, 11) is 0. The van der Waals surface area contributed by atoms with Crippen molar-refractivity contribution >= 4 is 5.88 Å². The third-order valence-corrected chi connectivity index (χ3v) is 2.95. The van der Waals surface area contributed by atoms with E-state index in [1.807, 2.05) is 12.1 Å². The number of hydrogen-bond donors (Lipinski definition) is 1. The fourth-order valence-corrected chi connectivity index (χ4v) is 2.10. The third kappa shape index (κ3) is 3.04. The first-order chi connectivity index (χ1) is 8.66. The number of nitrogens with one attached hydrogen (secondary N) is 1. The molecule has 1 heterocycles. The van der Waals surface area contributed by atoms with E-state index < -0.39 is 0 Å². The van der Waals surface area contributed by atoms with Crippen LogP contribution >= 0.6 is 0 Å². The molecule has 0 radical (unpaired) electrons. The molecule has 0 unspecified atom stereocenters. The average Bonchev–Trinajstić information content (AvgIpc) is 2.81. The first-order valence-electron chi connectivity index (χ1n) is 6.17. The average molecular weight is 241 g/mol. The second kappa shape index (κ2) is 5.58. The maximum atomic E-state index is 5.37. The summed E-state index contributed by atoms with van der Waals surface area (Å²) in [5.74, 6) is 0.796. The minimum absolute atomic E-state index is 0.204. The van der Waals surface area contributed by atoms with Crippen molar-refractivity contribution in [1.82, 2.24) is 0 Å². The Bertz CT molecular complexity index is 514. The van der Waals surface area contributed by atoms with E-state index in [1.165, 1.54) is 11.1 Å². The van der Waals surface area contributed by atoms with Crippen molar-refractivity contribution in [3.05, 3.63) is 65.9 Å². The van der Waals surface area contributed by atoms with Gasteiger partial charge in [0.15, 0.2) is 5.88 Å². The summed E-state index contributed by atoms with van der Waals surface area (Å²) < 4.78 is 5.37. The lowest BCUT2D eigenvalue weighted by molar-refractivity contribution is 0.566. The standard InChI is InChI=1S/C16H19NO/c1-12(2)11-15(17-16-9-6-10-18-16)14-8-5-4-7-13(14)3/h4-10,15,17H,1,11H2,2-3H3/t15-/m0/s1. The molecule has 0 saturated heterocycles. The van der Waals surface area contributed by atoms with Crippen LogP contribution in [-0.2, 0) is 0 Å². The summed E-state index contributed by atoms with van der Waals surface area (Å²) in [5, 5.41) is 3.42. The van der Waals surface area contributed by atoms with Crippen LogP contribution in [0.3, 0.4) is 0 Å². The Morgan fingerprint density at radius 3 is 2.67 bits per heavy atom. The third-order valence-electron chi connectivity index (χ3n) is 2.95. The van der Waals surface area contributed by atoms with Crippen molar-refractivity contribution in [2.24, 2.45) is 0 Å². The molecule has 1 N–H and O–H groups in total. The maximum absolute atomic E-state index is 5.37. The molecule has 1 atom stereocenters. The molecular formula is C16H19NO. The first-order valence-corrected chi connectivity index (χ1v) is 6.17. The van der Waals surface area contributed by atoms with Gasteiger partial charge in [-0.25, -0.2) is 0 Å². The van der Waals surface area contributed by atoms with E-state index >= 15 is 0 Å². The zero-order valence-electron chi connectivity index (χ0n) is 10.9. The lowest BCUT2D eigenvalue weighted by Crippen LogP contribution is -2.12. The number of benzene rings is 1. The summed E-state index contributed by atoms with van der Waals surface area (Å²) in [4.78, 5) is 0. The van der Waals surface area contributed by atoms with E-state index in [1.54, 1.807) is 6.26 Å². The fraction of sp³-hybridized carbons (Fsp3) is 0.250. The van der Waals surface area contributed by atoms with Crippen molar-refractivity contribution in [1.29, 1.82) is 0 Å². The van der Waals surface area contributed by atoms with Gasteiger partial charge in [-0.2, -0.15) is 0 Å². The Kier molecular flexibility index (Phi) is 3.88. The van der Waals surface area contributed by atoms with Crippen LogP contribution in [0.4, 0.5) is 5.88 Å². The normalized spacial score (nSPS) is 12.1. The van der Waals surface area contributed by atoms with E-state index in [4.69, 9.17) is 4.42 Å². The van der Waals surface area contributed by atoms with E-state index in [-0.39, 0.29) is 6.04 Å². The minimum Gasteiger partial charge on any atom is -0.449 e. The molecule has 0 bridgehead atoms. The molecule has 0 saturated carbocycles. The van der Waals surface area contributed by atoms with Crippen LogP contribution < -0.4 is 5.32 Å². The van der Waals surface area contributed by atoms with Crippen LogP contribution in [0.2, 0.25) is 0 Å². The number of rotatable bonds is 5. The summed E-state index contributed by atoms with van der Waals surface area (Å²) in [5.41, 5.74) is 3.72. The highest BCUT2D eigenvalue weighted by Crippen LogP contribution is 2.27. The largest absolute Gasteiger partial charge is 0.449 e. The zero-order chi connectivity index (χ0) is 13.0. The summed E-state index contributed by atoms with van der Waals surface area (Å²) >= 11 is 0. The summed E-state index contributed by atoms with van der Waals surface area (Å²) in [6.07, 6.45) is 2.57. The van der Waals surface area contributed by atoms with E-state index in [0.717, 1.165) is 17.9 Å². The van der Waals surface area contributed by atoms with Gasteiger partial charge < -0.3 is 9.73 Å². The number of furan rings is 1. The summed E-state index contributed by atoms with van der Waals surface area (Å²) in [6, 6.07) is 12.4. The SMILES string of the molecule is C=C(C)C[C@H](Nc1ccco1)c1ccccc1C. The highest BCUT2D eigenvalue weighted by molar-refractivity contribution is 5.39. The highest BCUT2D eigenvalue weighted by Gasteiger charge is 2.14. The van der Waals surface area contributed by atoms with Gasteiger partial charge in [0.25, 0.3) is 0 Å². The predicted octanol–water partition coefficient (Wildman–Crippen LogP) is 4.71. The van der Waals surface area contributed by atoms with E-state index in [9.17, 15) is 0 Å². The van der Waals surface area contributed by atoms with Gasteiger partial charge in [0.1, 0.15) is 0 Å². The van der Waals surface area contributed by atoms with Crippen LogP contribution in [0.5, 0.6) is 0 Å². The van der Waals surface area contributed by atoms with Gasteiger partial charge in [-0.05, 0) is 37.5 Å². The molecule has 0 spiro atoms. The van der Waals surface area contributed by atoms with Crippen LogP contribution in [-0.4, -0.2) is 0 Å². The molecule has 2 nitrogen and oxygen atoms in total. The van der Waals surface area contributed by atoms with Crippen molar-refractivity contribution in [2.75, 3.05) is 5.32 Å². The molecule has 2 rings (SSSR count). The predicted molar refractivity (Wildman–Crippen MR) is 75.7 cm³/mol. The van der Waals surface area contributed by atoms with Crippen LogP contribution in [0, 0.1) is 6.92 Å². The molecule has 0 aliphatic rings. The van der Waals surface area contributed by atoms with Crippen molar-refractivity contribution in [2.45, 2.75) is 26.3 Å². The van der Waals surface area contributed by atoms with Crippen LogP contribution in [0.15, 0.2) is 59.2 Å². The van der Waals surface area contributed by atoms with Crippen molar-refractivity contribution in [3.63, 3.8) is 0 Å². The molecule has 0 aliphatic heterocycles. The van der Waals surface area contributed by atoms with Gasteiger partial charge in [0.2, 0.25) is 0 Å². The second-order valence-corrected chi connectivity index (χ2v) is 4.69. The van der Waals surface area contributed by atoms with Gasteiger partial charge in [-0.3, -0.25) is 0 Å². The molecule has 2 heteroatoms. The van der Waals surface area contributed by atoms with Crippen LogP contribution in [0.1, 0.15) is 30.5 Å². The zero-order valence-corrected chi connectivity index (χ0v) is 10.9. The maximum Gasteiger partial charge on any atom is 0.193 e. The molecule has 94 valence electrons. The van der Waals surface area contributed by atoms with Crippen molar-refractivity contribution in [3.8, 4) is 0 Å². The minimum atomic E-state index is 0.204. The monoisotopic (exact) mass is 241 g/mol. The molecule has 18 heavy (non-hydrogen) atoms. The number of anilines is 1. The van der Waals surface area contributed by atoms with Gasteiger partial charge in [0.05, 0.1) is 12.3 Å². The smallest absolute Gasteiger partial charge is 0.193 e. The molecule has 1 aromatic carbocycles. The Morgan fingerprint density at radius 2 is 2.06 bits per heavy atom. The van der Waals surface area contributed by atoms with Gasteiger partial charge in [-0.15, -0.1) is 6.58 Å². The fourth-order valence-electron chi connectivity index (χ4n) is 2.10. The van der Waals surface area contributed by atoms with Crippen molar-refractivity contribution < 1.29 is 4.42 Å². The Balaban J connectivity index is 2.25. The summed E-state index contributed by atoms with van der Waals surface area (Å²) in [6.45, 7) is 8.19. The molecule has 0 amide bonds. The molecule has 2 aromatic rings. The van der Waals surface area contributed by atoms with Gasteiger partial charge in [-0.1, -0.05) is 29.8 Å². The number of aryl methyl sites for hydroxylation is 1. The first kappa shape index (κ1) is 12.5. The Hall–Kier alpha value is -1.96. The number of hydrogen-bond acceptors (Lipinski definition) is 2. The lowest BCUT2D eigenvalue weighted by Gasteiger charge is -2.20. The molecule has 1 aromatic heterocycles. The topological polar surface area (TPSA) is 25.2 Å². The van der Waals surface area contributed by atoms with E-state index in [2.05, 4.69) is 50.0 Å². The molecule has 0 aliphatic carbocycles. The van der Waals surface area contributed by atoms with E-state index in [0.29, 0.717) is 0 Å². The highest BCUT2D eigenvalue weighted by atomic mass is 16.3. The lowest BCUT2D eigenvalue weighted by atomic mass is 9.96. The van der Waals surface area contributed by atoms with Crippen LogP contribution in [0.25, 0.3) is 0 Å². The molecular weight excluding hydrogens is 222 g/mol. The second-order valence-electron chi connectivity index (χ2n) is 4.69. The molecule has 0 fully saturated rings. The van der Waals surface area contributed by atoms with Gasteiger partial charge in [0, 0.05) is 6.07 Å². The quantitative estimate of drug-likeness (QED) is 0.767. The van der Waals surface area contributed by atoms with Gasteiger partial charge >= 0.3 is 0 Å². The Morgan fingerprint density at radius 1 is 1.28 bits per heavy atom. The Labute approximate surface area is 108 Å².